The molecular formula is C10H10N4. The summed E-state index contributed by atoms with van der Waals surface area (Å²) < 4.78 is 0. The zero-order chi connectivity index (χ0) is 9.97. The minimum Gasteiger partial charge on any atom is -0.404 e. The summed E-state index contributed by atoms with van der Waals surface area (Å²) in [5, 5.41) is 7.78. The number of nitrogens with one attached hydrogen (secondary N) is 1. The van der Waals surface area contributed by atoms with E-state index in [9.17, 15) is 0 Å². The summed E-state index contributed by atoms with van der Waals surface area (Å²) in [4.78, 5) is 5.82. The summed E-state index contributed by atoms with van der Waals surface area (Å²) in [6.45, 7) is 0. The largest absolute Gasteiger partial charge is 0.404 e. The fourth-order valence-electron chi connectivity index (χ4n) is 1.27. The Kier molecular flexibility index (Phi) is 2.02. The van der Waals surface area contributed by atoms with Gasteiger partial charge in [-0.3, -0.25) is 10.3 Å². The molecule has 0 saturated heterocycles. The highest BCUT2D eigenvalue weighted by Gasteiger charge is 2.18. The molecule has 0 unspecified atom stereocenters. The standard InChI is InChI=1S/C10H10N4/c11-7-8-4-6-14(10(8)12)9-3-1-2-5-13-9/h1-7,12H,11H2/b8-7-,12-10?. The van der Waals surface area contributed by atoms with Gasteiger partial charge in [0.05, 0.1) is 0 Å². The van der Waals surface area contributed by atoms with Gasteiger partial charge >= 0.3 is 0 Å². The van der Waals surface area contributed by atoms with Crippen LogP contribution in [0.5, 0.6) is 0 Å². The smallest absolute Gasteiger partial charge is 0.139 e. The molecule has 0 fully saturated rings. The Bertz CT molecular complexity index is 405. The zero-order valence-corrected chi connectivity index (χ0v) is 7.51. The van der Waals surface area contributed by atoms with Crippen molar-refractivity contribution in [2.75, 3.05) is 4.90 Å². The maximum absolute atomic E-state index is 7.78. The van der Waals surface area contributed by atoms with Crippen molar-refractivity contribution in [2.24, 2.45) is 5.73 Å². The molecule has 0 aromatic carbocycles. The van der Waals surface area contributed by atoms with Crippen molar-refractivity contribution in [3.05, 3.63) is 48.4 Å². The summed E-state index contributed by atoms with van der Waals surface area (Å²) in [6, 6.07) is 5.57. The summed E-state index contributed by atoms with van der Waals surface area (Å²) in [5.41, 5.74) is 6.07. The van der Waals surface area contributed by atoms with Crippen LogP contribution in [-0.2, 0) is 0 Å². The van der Waals surface area contributed by atoms with E-state index in [0.29, 0.717) is 11.4 Å². The van der Waals surface area contributed by atoms with E-state index in [2.05, 4.69) is 4.98 Å². The summed E-state index contributed by atoms with van der Waals surface area (Å²) in [5.74, 6) is 1.08. The molecule has 1 aliphatic rings. The second-order valence-electron chi connectivity index (χ2n) is 2.84. The minimum atomic E-state index is 0.353. The third-order valence-corrected chi connectivity index (χ3v) is 1.99. The molecule has 3 N–H and O–H groups in total. The lowest BCUT2D eigenvalue weighted by Gasteiger charge is -2.14. The third-order valence-electron chi connectivity index (χ3n) is 1.99. The number of amidine groups is 1. The lowest BCUT2D eigenvalue weighted by Crippen LogP contribution is -2.21. The van der Waals surface area contributed by atoms with E-state index in [1.165, 1.54) is 6.20 Å². The Labute approximate surface area is 81.9 Å². The Morgan fingerprint density at radius 2 is 2.29 bits per heavy atom. The lowest BCUT2D eigenvalue weighted by molar-refractivity contribution is 1.21. The molecule has 4 heteroatoms. The summed E-state index contributed by atoms with van der Waals surface area (Å²) >= 11 is 0. The number of nitrogens with two attached hydrogens (primary N) is 1. The van der Waals surface area contributed by atoms with Gasteiger partial charge in [0.15, 0.2) is 0 Å². The van der Waals surface area contributed by atoms with Crippen LogP contribution in [0.4, 0.5) is 5.82 Å². The Morgan fingerprint density at radius 1 is 1.43 bits per heavy atom. The van der Waals surface area contributed by atoms with E-state index in [0.717, 1.165) is 5.82 Å². The SMILES string of the molecule is N=C1/C(=C\N)C=CN1c1ccccn1. The van der Waals surface area contributed by atoms with E-state index in [1.54, 1.807) is 23.4 Å². The van der Waals surface area contributed by atoms with E-state index in [-0.39, 0.29) is 0 Å². The Balaban J connectivity index is 2.32. The van der Waals surface area contributed by atoms with Gasteiger partial charge in [-0.2, -0.15) is 0 Å². The van der Waals surface area contributed by atoms with Crippen LogP contribution < -0.4 is 10.6 Å². The van der Waals surface area contributed by atoms with Crippen LogP contribution in [0.1, 0.15) is 0 Å². The monoisotopic (exact) mass is 186 g/mol. The van der Waals surface area contributed by atoms with Gasteiger partial charge in [-0.05, 0) is 18.2 Å². The van der Waals surface area contributed by atoms with Crippen LogP contribution in [0.2, 0.25) is 0 Å². The molecule has 1 aromatic heterocycles. The molecule has 1 aliphatic heterocycles. The molecule has 0 aliphatic carbocycles. The van der Waals surface area contributed by atoms with E-state index >= 15 is 0 Å². The van der Waals surface area contributed by atoms with Crippen LogP contribution in [0.15, 0.2) is 48.4 Å². The molecule has 1 aromatic rings. The number of aromatic nitrogens is 1. The lowest BCUT2D eigenvalue weighted by atomic mass is 10.3. The number of pyridine rings is 1. The van der Waals surface area contributed by atoms with Crippen LogP contribution in [0, 0.1) is 5.41 Å². The highest BCUT2D eigenvalue weighted by atomic mass is 15.2. The van der Waals surface area contributed by atoms with Gasteiger partial charge < -0.3 is 5.73 Å². The second kappa shape index (κ2) is 3.33. The van der Waals surface area contributed by atoms with Crippen LogP contribution in [-0.4, -0.2) is 10.8 Å². The summed E-state index contributed by atoms with van der Waals surface area (Å²) in [7, 11) is 0. The molecule has 0 spiro atoms. The van der Waals surface area contributed by atoms with Crippen molar-refractivity contribution in [3.8, 4) is 0 Å². The van der Waals surface area contributed by atoms with Crippen LogP contribution in [0.3, 0.4) is 0 Å². The van der Waals surface area contributed by atoms with Crippen molar-refractivity contribution in [3.63, 3.8) is 0 Å². The van der Waals surface area contributed by atoms with Gasteiger partial charge in [-0.15, -0.1) is 0 Å². The van der Waals surface area contributed by atoms with Crippen LogP contribution in [0.25, 0.3) is 0 Å². The van der Waals surface area contributed by atoms with Gasteiger partial charge in [-0.1, -0.05) is 6.07 Å². The summed E-state index contributed by atoms with van der Waals surface area (Å²) in [6.07, 6.45) is 6.68. The van der Waals surface area contributed by atoms with Crippen molar-refractivity contribution >= 4 is 11.7 Å². The van der Waals surface area contributed by atoms with Gasteiger partial charge in [0.25, 0.3) is 0 Å². The van der Waals surface area contributed by atoms with Gasteiger partial charge in [0.2, 0.25) is 0 Å². The molecule has 14 heavy (non-hydrogen) atoms. The molecule has 0 saturated carbocycles. The van der Waals surface area contributed by atoms with E-state index in [4.69, 9.17) is 11.1 Å². The maximum atomic E-state index is 7.78. The van der Waals surface area contributed by atoms with Crippen molar-refractivity contribution in [1.29, 1.82) is 5.41 Å². The average molecular weight is 186 g/mol. The number of anilines is 1. The number of rotatable bonds is 1. The van der Waals surface area contributed by atoms with Gasteiger partial charge in [0, 0.05) is 24.2 Å². The highest BCUT2D eigenvalue weighted by molar-refractivity contribution is 6.12. The molecule has 0 bridgehead atoms. The third kappa shape index (κ3) is 1.26. The van der Waals surface area contributed by atoms with Crippen LogP contribution >= 0.6 is 0 Å². The zero-order valence-electron chi connectivity index (χ0n) is 7.51. The fraction of sp³-hybridized carbons (Fsp3) is 0. The van der Waals surface area contributed by atoms with Crippen molar-refractivity contribution < 1.29 is 0 Å². The number of hydrogen-bond donors (Lipinski definition) is 2. The quantitative estimate of drug-likeness (QED) is 0.693. The molecule has 2 rings (SSSR count). The molecule has 70 valence electrons. The predicted molar refractivity (Wildman–Crippen MR) is 55.9 cm³/mol. The first-order valence-corrected chi connectivity index (χ1v) is 4.22. The molecule has 4 nitrogen and oxygen atoms in total. The second-order valence-corrected chi connectivity index (χ2v) is 2.84. The topological polar surface area (TPSA) is 66.0 Å². The van der Waals surface area contributed by atoms with Gasteiger partial charge in [-0.25, -0.2) is 4.98 Å². The minimum absolute atomic E-state index is 0.353. The first-order chi connectivity index (χ1) is 6.83. The highest BCUT2D eigenvalue weighted by Crippen LogP contribution is 2.19. The van der Waals surface area contributed by atoms with Crippen molar-refractivity contribution in [2.45, 2.75) is 0 Å². The predicted octanol–water partition coefficient (Wildman–Crippen LogP) is 1.24. The van der Waals surface area contributed by atoms with Gasteiger partial charge in [0.1, 0.15) is 11.7 Å². The maximum Gasteiger partial charge on any atom is 0.139 e. The molecule has 0 radical (unpaired) electrons. The first kappa shape index (κ1) is 8.50. The number of hydrogen-bond acceptors (Lipinski definition) is 3. The Hall–Kier alpha value is -2.10. The molecular weight excluding hydrogens is 176 g/mol. The molecule has 2 heterocycles. The molecule has 0 atom stereocenters. The Morgan fingerprint density at radius 3 is 2.86 bits per heavy atom. The number of nitrogens with zero attached hydrogens (tertiary/aromatic N) is 2. The average Bonchev–Trinajstić information content (AvgIpc) is 2.61. The van der Waals surface area contributed by atoms with Crippen molar-refractivity contribution in [1.82, 2.24) is 4.98 Å². The normalized spacial score (nSPS) is 18.1. The first-order valence-electron chi connectivity index (χ1n) is 4.22. The molecule has 0 amide bonds. The van der Waals surface area contributed by atoms with E-state index in [1.807, 2.05) is 18.2 Å². The van der Waals surface area contributed by atoms with E-state index < -0.39 is 0 Å². The fourth-order valence-corrected chi connectivity index (χ4v) is 1.27.